The van der Waals surface area contributed by atoms with Crippen molar-refractivity contribution in [3.05, 3.63) is 59.0 Å². The second kappa shape index (κ2) is 3.91. The van der Waals surface area contributed by atoms with Crippen molar-refractivity contribution in [3.8, 4) is 0 Å². The van der Waals surface area contributed by atoms with Gasteiger partial charge in [-0.15, -0.1) is 0 Å². The summed E-state index contributed by atoms with van der Waals surface area (Å²) in [5, 5.41) is 10.1. The molecule has 0 amide bonds. The van der Waals surface area contributed by atoms with E-state index in [1.165, 1.54) is 5.56 Å². The normalized spacial score (nSPS) is 12.7. The van der Waals surface area contributed by atoms with E-state index in [4.69, 9.17) is 4.42 Å². The predicted molar refractivity (Wildman–Crippen MR) is 58.7 cm³/mol. The summed E-state index contributed by atoms with van der Waals surface area (Å²) in [6, 6.07) is 9.66. The molecule has 1 aromatic carbocycles. The van der Waals surface area contributed by atoms with Crippen molar-refractivity contribution in [1.82, 2.24) is 0 Å². The Hall–Kier alpha value is -1.54. The molecule has 0 aliphatic carbocycles. The summed E-state index contributed by atoms with van der Waals surface area (Å²) in [6.07, 6.45) is 0.933. The summed E-state index contributed by atoms with van der Waals surface area (Å²) in [4.78, 5) is 0. The van der Waals surface area contributed by atoms with Crippen molar-refractivity contribution in [2.24, 2.45) is 0 Å². The molecular formula is C13H14O2. The molecule has 0 fully saturated rings. The highest BCUT2D eigenvalue weighted by molar-refractivity contribution is 5.30. The van der Waals surface area contributed by atoms with Gasteiger partial charge in [0, 0.05) is 0 Å². The molecule has 1 heterocycles. The summed E-state index contributed by atoms with van der Waals surface area (Å²) in [5.74, 6) is 0.624. The Morgan fingerprint density at radius 3 is 2.27 bits per heavy atom. The summed E-state index contributed by atoms with van der Waals surface area (Å²) < 4.78 is 5.26. The van der Waals surface area contributed by atoms with E-state index >= 15 is 0 Å². The first-order valence-corrected chi connectivity index (χ1v) is 4.97. The van der Waals surface area contributed by atoms with Gasteiger partial charge in [0.25, 0.3) is 0 Å². The summed E-state index contributed by atoms with van der Waals surface area (Å²) in [7, 11) is 0. The lowest BCUT2D eigenvalue weighted by Gasteiger charge is -2.09. The molecule has 0 aliphatic heterocycles. The van der Waals surface area contributed by atoms with Gasteiger partial charge in [0.1, 0.15) is 11.9 Å². The Labute approximate surface area is 89.2 Å². The Bertz CT molecular complexity index is 440. The minimum atomic E-state index is -0.666. The maximum atomic E-state index is 10.1. The molecule has 1 N–H and O–H groups in total. The third kappa shape index (κ3) is 1.95. The van der Waals surface area contributed by atoms with Gasteiger partial charge >= 0.3 is 0 Å². The highest BCUT2D eigenvalue weighted by atomic mass is 16.4. The van der Waals surface area contributed by atoms with Gasteiger partial charge in [-0.2, -0.15) is 0 Å². The zero-order valence-corrected chi connectivity index (χ0v) is 8.90. The van der Waals surface area contributed by atoms with Crippen LogP contribution in [0.3, 0.4) is 0 Å². The van der Waals surface area contributed by atoms with Crippen LogP contribution in [-0.4, -0.2) is 5.11 Å². The summed E-state index contributed by atoms with van der Waals surface area (Å²) in [6.45, 7) is 3.95. The molecule has 0 aliphatic rings. The Morgan fingerprint density at radius 2 is 1.73 bits per heavy atom. The van der Waals surface area contributed by atoms with Gasteiger partial charge in [-0.05, 0) is 31.0 Å². The standard InChI is InChI=1S/C13H14O2/c1-9-3-5-11(6-4-9)12(14)13-10(2)7-8-15-13/h3-8,12,14H,1-2H3. The first-order chi connectivity index (χ1) is 7.18. The number of rotatable bonds is 2. The fourth-order valence-electron chi connectivity index (χ4n) is 1.56. The zero-order valence-electron chi connectivity index (χ0n) is 8.90. The van der Waals surface area contributed by atoms with E-state index in [-0.39, 0.29) is 0 Å². The molecule has 1 aromatic heterocycles. The van der Waals surface area contributed by atoms with Crippen molar-refractivity contribution >= 4 is 0 Å². The van der Waals surface area contributed by atoms with E-state index in [1.54, 1.807) is 6.26 Å². The molecule has 0 saturated heterocycles. The quantitative estimate of drug-likeness (QED) is 0.812. The molecular weight excluding hydrogens is 188 g/mol. The van der Waals surface area contributed by atoms with E-state index in [1.807, 2.05) is 44.2 Å². The zero-order chi connectivity index (χ0) is 10.8. The highest BCUT2D eigenvalue weighted by Gasteiger charge is 2.15. The predicted octanol–water partition coefficient (Wildman–Crippen LogP) is 2.98. The largest absolute Gasteiger partial charge is 0.466 e. The van der Waals surface area contributed by atoms with Gasteiger partial charge in [-0.3, -0.25) is 0 Å². The summed E-state index contributed by atoms with van der Waals surface area (Å²) >= 11 is 0. The Morgan fingerprint density at radius 1 is 1.07 bits per heavy atom. The maximum Gasteiger partial charge on any atom is 0.139 e. The molecule has 0 saturated carbocycles. The first-order valence-electron chi connectivity index (χ1n) is 4.97. The Kier molecular flexibility index (Phi) is 2.60. The van der Waals surface area contributed by atoms with Crippen LogP contribution >= 0.6 is 0 Å². The smallest absolute Gasteiger partial charge is 0.139 e. The van der Waals surface area contributed by atoms with Crippen LogP contribution in [0.15, 0.2) is 41.0 Å². The fourth-order valence-corrected chi connectivity index (χ4v) is 1.56. The minimum Gasteiger partial charge on any atom is -0.466 e. The molecule has 2 aromatic rings. The fraction of sp³-hybridized carbons (Fsp3) is 0.231. The third-order valence-electron chi connectivity index (χ3n) is 2.54. The molecule has 2 nitrogen and oxygen atoms in total. The molecule has 0 spiro atoms. The highest BCUT2D eigenvalue weighted by Crippen LogP contribution is 2.25. The first kappa shape index (κ1) is 9.99. The van der Waals surface area contributed by atoms with Crippen LogP contribution in [0.1, 0.15) is 28.6 Å². The van der Waals surface area contributed by atoms with Crippen LogP contribution in [-0.2, 0) is 0 Å². The minimum absolute atomic E-state index is 0.624. The lowest BCUT2D eigenvalue weighted by Crippen LogP contribution is -1.99. The van der Waals surface area contributed by atoms with Crippen LogP contribution in [0, 0.1) is 13.8 Å². The van der Waals surface area contributed by atoms with E-state index in [9.17, 15) is 5.11 Å². The number of aliphatic hydroxyl groups excluding tert-OH is 1. The molecule has 1 unspecified atom stereocenters. The van der Waals surface area contributed by atoms with E-state index in [2.05, 4.69) is 0 Å². The molecule has 78 valence electrons. The van der Waals surface area contributed by atoms with Crippen molar-refractivity contribution in [2.45, 2.75) is 20.0 Å². The molecule has 2 rings (SSSR count). The van der Waals surface area contributed by atoms with Crippen LogP contribution in [0.5, 0.6) is 0 Å². The summed E-state index contributed by atoms with van der Waals surface area (Å²) in [5.41, 5.74) is 3.02. The second-order valence-corrected chi connectivity index (χ2v) is 3.78. The number of hydrogen-bond acceptors (Lipinski definition) is 2. The average molecular weight is 202 g/mol. The van der Waals surface area contributed by atoms with E-state index in [0.29, 0.717) is 5.76 Å². The van der Waals surface area contributed by atoms with Crippen molar-refractivity contribution < 1.29 is 9.52 Å². The number of hydrogen-bond donors (Lipinski definition) is 1. The van der Waals surface area contributed by atoms with Crippen molar-refractivity contribution in [1.29, 1.82) is 0 Å². The van der Waals surface area contributed by atoms with Crippen molar-refractivity contribution in [2.75, 3.05) is 0 Å². The molecule has 0 radical (unpaired) electrons. The van der Waals surface area contributed by atoms with Gasteiger partial charge in [-0.25, -0.2) is 0 Å². The topological polar surface area (TPSA) is 33.4 Å². The van der Waals surface area contributed by atoms with Crippen LogP contribution < -0.4 is 0 Å². The molecule has 15 heavy (non-hydrogen) atoms. The Balaban J connectivity index is 2.32. The molecule has 0 bridgehead atoms. The SMILES string of the molecule is Cc1ccc(C(O)c2occc2C)cc1. The van der Waals surface area contributed by atoms with Gasteiger partial charge < -0.3 is 9.52 Å². The van der Waals surface area contributed by atoms with Gasteiger partial charge in [0.05, 0.1) is 6.26 Å². The number of aliphatic hydroxyl groups is 1. The lowest BCUT2D eigenvalue weighted by molar-refractivity contribution is 0.188. The van der Waals surface area contributed by atoms with Crippen molar-refractivity contribution in [3.63, 3.8) is 0 Å². The van der Waals surface area contributed by atoms with E-state index < -0.39 is 6.10 Å². The average Bonchev–Trinajstić information content (AvgIpc) is 2.65. The van der Waals surface area contributed by atoms with Crippen LogP contribution in [0.4, 0.5) is 0 Å². The lowest BCUT2D eigenvalue weighted by atomic mass is 10.0. The van der Waals surface area contributed by atoms with Gasteiger partial charge in [-0.1, -0.05) is 29.8 Å². The van der Waals surface area contributed by atoms with E-state index in [0.717, 1.165) is 11.1 Å². The second-order valence-electron chi connectivity index (χ2n) is 3.78. The number of aryl methyl sites for hydroxylation is 2. The van der Waals surface area contributed by atoms with Crippen LogP contribution in [0.25, 0.3) is 0 Å². The van der Waals surface area contributed by atoms with Gasteiger partial charge in [0.2, 0.25) is 0 Å². The maximum absolute atomic E-state index is 10.1. The van der Waals surface area contributed by atoms with Crippen LogP contribution in [0.2, 0.25) is 0 Å². The number of benzene rings is 1. The monoisotopic (exact) mass is 202 g/mol. The van der Waals surface area contributed by atoms with Gasteiger partial charge in [0.15, 0.2) is 0 Å². The third-order valence-corrected chi connectivity index (χ3v) is 2.54. The molecule has 1 atom stereocenters. The number of furan rings is 1. The molecule has 2 heteroatoms.